The van der Waals surface area contributed by atoms with Gasteiger partial charge < -0.3 is 10.2 Å². The zero-order valence-corrected chi connectivity index (χ0v) is 10.3. The monoisotopic (exact) mass is 237 g/mol. The number of aliphatic hydroxyl groups is 1. The van der Waals surface area contributed by atoms with Crippen LogP contribution < -0.4 is 0 Å². The first-order chi connectivity index (χ1) is 8.00. The number of aliphatic carboxylic acids is 1. The molecule has 0 amide bonds. The summed E-state index contributed by atoms with van der Waals surface area (Å²) < 4.78 is 0. The van der Waals surface area contributed by atoms with Gasteiger partial charge in [-0.1, -0.05) is 25.8 Å². The van der Waals surface area contributed by atoms with Crippen LogP contribution >= 0.6 is 0 Å². The van der Waals surface area contributed by atoms with Crippen molar-refractivity contribution in [2.45, 2.75) is 38.7 Å². The molecule has 1 aromatic rings. The van der Waals surface area contributed by atoms with Gasteiger partial charge in [-0.2, -0.15) is 0 Å². The average Bonchev–Trinajstić information content (AvgIpc) is 2.30. The van der Waals surface area contributed by atoms with Gasteiger partial charge in [0.15, 0.2) is 0 Å². The second-order valence-electron chi connectivity index (χ2n) is 4.42. The van der Waals surface area contributed by atoms with E-state index in [9.17, 15) is 15.0 Å². The van der Waals surface area contributed by atoms with E-state index in [-0.39, 0.29) is 0 Å². The van der Waals surface area contributed by atoms with Crippen molar-refractivity contribution in [3.8, 4) is 0 Å². The summed E-state index contributed by atoms with van der Waals surface area (Å²) in [6.07, 6.45) is 5.28. The molecule has 1 aromatic heterocycles. The molecule has 0 bridgehead atoms. The summed E-state index contributed by atoms with van der Waals surface area (Å²) in [5, 5.41) is 19.6. The lowest BCUT2D eigenvalue weighted by Gasteiger charge is -2.30. The van der Waals surface area contributed by atoms with Crippen molar-refractivity contribution >= 4 is 5.97 Å². The lowest BCUT2D eigenvalue weighted by Crippen LogP contribution is -2.37. The molecule has 0 radical (unpaired) electrons. The first-order valence-corrected chi connectivity index (χ1v) is 5.85. The summed E-state index contributed by atoms with van der Waals surface area (Å²) in [5.41, 5.74) is -0.835. The predicted molar refractivity (Wildman–Crippen MR) is 64.5 cm³/mol. The van der Waals surface area contributed by atoms with Crippen LogP contribution in [0.1, 0.15) is 38.7 Å². The molecule has 0 aliphatic heterocycles. The highest BCUT2D eigenvalue weighted by Gasteiger charge is 2.38. The lowest BCUT2D eigenvalue weighted by atomic mass is 9.80. The Morgan fingerprint density at radius 2 is 2.29 bits per heavy atom. The number of carboxylic acid groups (broad SMARTS) is 1. The molecule has 2 unspecified atom stereocenters. The molecular weight excluding hydrogens is 218 g/mol. The zero-order valence-electron chi connectivity index (χ0n) is 10.3. The van der Waals surface area contributed by atoms with E-state index in [1.54, 1.807) is 25.3 Å². The largest absolute Gasteiger partial charge is 0.481 e. The van der Waals surface area contributed by atoms with Crippen LogP contribution in [0, 0.1) is 5.92 Å². The van der Waals surface area contributed by atoms with Gasteiger partial charge in [0.2, 0.25) is 0 Å². The molecular formula is C13H19NO3. The molecule has 4 nitrogen and oxygen atoms in total. The quantitative estimate of drug-likeness (QED) is 0.795. The molecule has 2 atom stereocenters. The molecule has 0 aromatic carbocycles. The summed E-state index contributed by atoms with van der Waals surface area (Å²) in [6, 6.07) is 3.40. The molecule has 0 spiro atoms. The number of nitrogens with zero attached hydrogens (tertiary/aromatic N) is 1. The van der Waals surface area contributed by atoms with Gasteiger partial charge in [-0.25, -0.2) is 0 Å². The van der Waals surface area contributed by atoms with Crippen molar-refractivity contribution < 1.29 is 15.0 Å². The Hall–Kier alpha value is -1.42. The normalized spacial score (nSPS) is 16.2. The number of carboxylic acids is 1. The van der Waals surface area contributed by atoms with Crippen LogP contribution in [0.3, 0.4) is 0 Å². The van der Waals surface area contributed by atoms with Gasteiger partial charge in [0.1, 0.15) is 5.60 Å². The lowest BCUT2D eigenvalue weighted by molar-refractivity contribution is -0.152. The summed E-state index contributed by atoms with van der Waals surface area (Å²) in [4.78, 5) is 15.2. The topological polar surface area (TPSA) is 70.4 Å². The molecule has 0 saturated carbocycles. The molecule has 4 heteroatoms. The number of carbonyl (C=O) groups is 1. The number of aromatic nitrogens is 1. The standard InChI is InChI=1S/C13H19NO3/c1-3-4-7-11(12(15)16)13(2,17)10-6-5-8-14-9-10/h5-6,8-9,11,17H,3-4,7H2,1-2H3,(H,15,16). The van der Waals surface area contributed by atoms with E-state index in [0.29, 0.717) is 12.0 Å². The Labute approximate surface area is 101 Å². The average molecular weight is 237 g/mol. The predicted octanol–water partition coefficient (Wildman–Crippen LogP) is 2.18. The summed E-state index contributed by atoms with van der Waals surface area (Å²) in [6.45, 7) is 3.54. The van der Waals surface area contributed by atoms with Gasteiger partial charge in [-0.05, 0) is 19.4 Å². The second kappa shape index (κ2) is 5.77. The minimum Gasteiger partial charge on any atom is -0.481 e. The van der Waals surface area contributed by atoms with Crippen molar-refractivity contribution in [1.29, 1.82) is 0 Å². The van der Waals surface area contributed by atoms with E-state index in [1.807, 2.05) is 6.92 Å². The van der Waals surface area contributed by atoms with Gasteiger partial charge in [0, 0.05) is 18.0 Å². The van der Waals surface area contributed by atoms with Crippen molar-refractivity contribution in [2.24, 2.45) is 5.92 Å². The first-order valence-electron chi connectivity index (χ1n) is 5.85. The van der Waals surface area contributed by atoms with E-state index < -0.39 is 17.5 Å². The minimum atomic E-state index is -1.38. The van der Waals surface area contributed by atoms with Crippen molar-refractivity contribution in [2.75, 3.05) is 0 Å². The molecule has 1 heterocycles. The van der Waals surface area contributed by atoms with Crippen LogP contribution in [0.15, 0.2) is 24.5 Å². The smallest absolute Gasteiger partial charge is 0.309 e. The molecule has 0 aliphatic rings. The molecule has 0 fully saturated rings. The molecule has 94 valence electrons. The number of unbranched alkanes of at least 4 members (excludes halogenated alkanes) is 1. The fraction of sp³-hybridized carbons (Fsp3) is 0.538. The van der Waals surface area contributed by atoms with Crippen molar-refractivity contribution in [3.05, 3.63) is 30.1 Å². The Bertz CT molecular complexity index is 362. The maximum absolute atomic E-state index is 11.2. The summed E-state index contributed by atoms with van der Waals surface area (Å²) >= 11 is 0. The number of pyridine rings is 1. The van der Waals surface area contributed by atoms with E-state index in [0.717, 1.165) is 12.8 Å². The van der Waals surface area contributed by atoms with Crippen LogP contribution in [0.25, 0.3) is 0 Å². The Morgan fingerprint density at radius 1 is 1.59 bits per heavy atom. The highest BCUT2D eigenvalue weighted by Crippen LogP contribution is 2.32. The molecule has 1 rings (SSSR count). The summed E-state index contributed by atoms with van der Waals surface area (Å²) in [5.74, 6) is -1.76. The van der Waals surface area contributed by atoms with Gasteiger partial charge in [-0.15, -0.1) is 0 Å². The van der Waals surface area contributed by atoms with Gasteiger partial charge in [0.05, 0.1) is 5.92 Å². The van der Waals surface area contributed by atoms with Crippen LogP contribution in [-0.2, 0) is 10.4 Å². The fourth-order valence-corrected chi connectivity index (χ4v) is 1.92. The van der Waals surface area contributed by atoms with E-state index >= 15 is 0 Å². The molecule has 0 saturated heterocycles. The number of rotatable bonds is 6. The van der Waals surface area contributed by atoms with Crippen molar-refractivity contribution in [1.82, 2.24) is 4.98 Å². The fourth-order valence-electron chi connectivity index (χ4n) is 1.92. The maximum Gasteiger partial charge on any atom is 0.309 e. The van der Waals surface area contributed by atoms with Crippen molar-refractivity contribution in [3.63, 3.8) is 0 Å². The highest BCUT2D eigenvalue weighted by molar-refractivity contribution is 5.71. The third-order valence-electron chi connectivity index (χ3n) is 3.07. The van der Waals surface area contributed by atoms with E-state index in [2.05, 4.69) is 4.98 Å². The number of hydrogen-bond donors (Lipinski definition) is 2. The van der Waals surface area contributed by atoms with Crippen LogP contribution in [0.4, 0.5) is 0 Å². The first kappa shape index (κ1) is 13.6. The molecule has 2 N–H and O–H groups in total. The Morgan fingerprint density at radius 3 is 2.76 bits per heavy atom. The van der Waals surface area contributed by atoms with Crippen LogP contribution in [-0.4, -0.2) is 21.2 Å². The number of hydrogen-bond acceptors (Lipinski definition) is 3. The zero-order chi connectivity index (χ0) is 12.9. The highest BCUT2D eigenvalue weighted by atomic mass is 16.4. The SMILES string of the molecule is CCCCC(C(=O)O)C(C)(O)c1cccnc1. The van der Waals surface area contributed by atoms with Gasteiger partial charge in [0.25, 0.3) is 0 Å². The van der Waals surface area contributed by atoms with Gasteiger partial charge >= 0.3 is 5.97 Å². The van der Waals surface area contributed by atoms with Gasteiger partial charge in [-0.3, -0.25) is 9.78 Å². The minimum absolute atomic E-state index is 0.466. The Kier molecular flexibility index (Phi) is 4.63. The van der Waals surface area contributed by atoms with E-state index in [4.69, 9.17) is 0 Å². The van der Waals surface area contributed by atoms with E-state index in [1.165, 1.54) is 6.20 Å². The third-order valence-corrected chi connectivity index (χ3v) is 3.07. The summed E-state index contributed by atoms with van der Waals surface area (Å²) in [7, 11) is 0. The van der Waals surface area contributed by atoms with Crippen LogP contribution in [0.2, 0.25) is 0 Å². The maximum atomic E-state index is 11.2. The van der Waals surface area contributed by atoms with Crippen LogP contribution in [0.5, 0.6) is 0 Å². The third kappa shape index (κ3) is 3.27. The second-order valence-corrected chi connectivity index (χ2v) is 4.42. The molecule has 17 heavy (non-hydrogen) atoms. The Balaban J connectivity index is 2.95. The molecule has 0 aliphatic carbocycles.